The summed E-state index contributed by atoms with van der Waals surface area (Å²) < 4.78 is 0.879. The van der Waals surface area contributed by atoms with Gasteiger partial charge in [0, 0.05) is 10.2 Å². The maximum absolute atomic E-state index is 11.5. The van der Waals surface area contributed by atoms with E-state index in [0.717, 1.165) is 16.5 Å². The van der Waals surface area contributed by atoms with Crippen molar-refractivity contribution >= 4 is 27.6 Å². The number of carbonyl (C=O) groups is 1. The second kappa shape index (κ2) is 6.42. The van der Waals surface area contributed by atoms with Crippen LogP contribution in [0.25, 0.3) is 0 Å². The van der Waals surface area contributed by atoms with Crippen molar-refractivity contribution in [3.63, 3.8) is 0 Å². The summed E-state index contributed by atoms with van der Waals surface area (Å²) in [5.41, 5.74) is 7.24. The Kier molecular flexibility index (Phi) is 4.86. The number of nitrogen functional groups attached to an aromatic ring is 1. The standard InChI is InChI=1S/C15H20BrNO2/c16-11-6-8-14(17)13(9-11)12(15(18)19)7-5-10-3-1-2-4-10/h6,8-10,12H,1-5,7,17H2,(H,18,19). The number of nitrogens with two attached hydrogens (primary N) is 1. The quantitative estimate of drug-likeness (QED) is 0.798. The van der Waals surface area contributed by atoms with Gasteiger partial charge in [-0.2, -0.15) is 0 Å². The summed E-state index contributed by atoms with van der Waals surface area (Å²) in [4.78, 5) is 11.5. The molecule has 0 saturated heterocycles. The van der Waals surface area contributed by atoms with E-state index in [1.54, 1.807) is 6.07 Å². The van der Waals surface area contributed by atoms with Crippen molar-refractivity contribution < 1.29 is 9.90 Å². The topological polar surface area (TPSA) is 63.3 Å². The molecule has 2 rings (SSSR count). The number of hydrogen-bond donors (Lipinski definition) is 2. The Morgan fingerprint density at radius 3 is 2.74 bits per heavy atom. The summed E-state index contributed by atoms with van der Waals surface area (Å²) in [7, 11) is 0. The van der Waals surface area contributed by atoms with Crippen LogP contribution in [0.3, 0.4) is 0 Å². The first-order chi connectivity index (χ1) is 9.08. The van der Waals surface area contributed by atoms with Crippen LogP contribution >= 0.6 is 15.9 Å². The van der Waals surface area contributed by atoms with Crippen molar-refractivity contribution in [1.29, 1.82) is 0 Å². The largest absolute Gasteiger partial charge is 0.481 e. The Morgan fingerprint density at radius 1 is 1.42 bits per heavy atom. The lowest BCUT2D eigenvalue weighted by atomic mass is 9.89. The molecule has 0 radical (unpaired) electrons. The Labute approximate surface area is 122 Å². The lowest BCUT2D eigenvalue weighted by molar-refractivity contribution is -0.139. The molecule has 1 unspecified atom stereocenters. The maximum atomic E-state index is 11.5. The number of aliphatic carboxylic acids is 1. The summed E-state index contributed by atoms with van der Waals surface area (Å²) >= 11 is 3.38. The first-order valence-corrected chi connectivity index (χ1v) is 7.65. The van der Waals surface area contributed by atoms with Crippen molar-refractivity contribution in [3.05, 3.63) is 28.2 Å². The molecule has 0 aliphatic heterocycles. The minimum Gasteiger partial charge on any atom is -0.481 e. The molecule has 3 N–H and O–H groups in total. The van der Waals surface area contributed by atoms with E-state index >= 15 is 0 Å². The highest BCUT2D eigenvalue weighted by Gasteiger charge is 2.24. The van der Waals surface area contributed by atoms with E-state index in [1.807, 2.05) is 12.1 Å². The highest BCUT2D eigenvalue weighted by Crippen LogP contribution is 2.34. The van der Waals surface area contributed by atoms with E-state index in [0.29, 0.717) is 18.0 Å². The summed E-state index contributed by atoms with van der Waals surface area (Å²) in [5, 5.41) is 9.45. The predicted octanol–water partition coefficient (Wildman–Crippen LogP) is 4.17. The first kappa shape index (κ1) is 14.4. The van der Waals surface area contributed by atoms with Crippen LogP contribution in [0.15, 0.2) is 22.7 Å². The van der Waals surface area contributed by atoms with Crippen LogP contribution in [0.4, 0.5) is 5.69 Å². The Morgan fingerprint density at radius 2 is 2.11 bits per heavy atom. The Balaban J connectivity index is 2.10. The molecular formula is C15H20BrNO2. The van der Waals surface area contributed by atoms with Crippen molar-refractivity contribution in [1.82, 2.24) is 0 Å². The van der Waals surface area contributed by atoms with Crippen LogP contribution in [0.1, 0.15) is 50.0 Å². The predicted molar refractivity (Wildman–Crippen MR) is 80.1 cm³/mol. The molecule has 104 valence electrons. The summed E-state index contributed by atoms with van der Waals surface area (Å²) in [5.74, 6) is -0.559. The molecule has 1 atom stereocenters. The van der Waals surface area contributed by atoms with Gasteiger partial charge in [0.1, 0.15) is 0 Å². The summed E-state index contributed by atoms with van der Waals surface area (Å²) in [6.07, 6.45) is 6.76. The fourth-order valence-corrected chi connectivity index (χ4v) is 3.34. The van der Waals surface area contributed by atoms with E-state index < -0.39 is 11.9 Å². The second-order valence-electron chi connectivity index (χ2n) is 5.39. The second-order valence-corrected chi connectivity index (χ2v) is 6.31. The van der Waals surface area contributed by atoms with Gasteiger partial charge in [-0.15, -0.1) is 0 Å². The van der Waals surface area contributed by atoms with E-state index in [4.69, 9.17) is 5.73 Å². The zero-order valence-corrected chi connectivity index (χ0v) is 12.5. The molecule has 19 heavy (non-hydrogen) atoms. The van der Waals surface area contributed by atoms with Crippen molar-refractivity contribution in [2.45, 2.75) is 44.4 Å². The van der Waals surface area contributed by atoms with Crippen molar-refractivity contribution in [2.75, 3.05) is 5.73 Å². The fourth-order valence-electron chi connectivity index (χ4n) is 2.96. The first-order valence-electron chi connectivity index (χ1n) is 6.85. The number of hydrogen-bond acceptors (Lipinski definition) is 2. The fraction of sp³-hybridized carbons (Fsp3) is 0.533. The van der Waals surface area contributed by atoms with Crippen LogP contribution in [0.5, 0.6) is 0 Å². The van der Waals surface area contributed by atoms with Gasteiger partial charge in [0.15, 0.2) is 0 Å². The van der Waals surface area contributed by atoms with E-state index in [9.17, 15) is 9.90 Å². The maximum Gasteiger partial charge on any atom is 0.311 e. The molecule has 1 aliphatic rings. The van der Waals surface area contributed by atoms with Crippen LogP contribution in [0.2, 0.25) is 0 Å². The summed E-state index contributed by atoms with van der Waals surface area (Å²) in [6, 6.07) is 5.45. The Bertz CT molecular complexity index is 455. The number of carboxylic acids is 1. The highest BCUT2D eigenvalue weighted by atomic mass is 79.9. The van der Waals surface area contributed by atoms with Crippen molar-refractivity contribution in [3.8, 4) is 0 Å². The lowest BCUT2D eigenvalue weighted by Crippen LogP contribution is -2.14. The third-order valence-corrected chi connectivity index (χ3v) is 4.55. The van der Waals surface area contributed by atoms with Gasteiger partial charge in [-0.3, -0.25) is 4.79 Å². The van der Waals surface area contributed by atoms with Gasteiger partial charge in [0.2, 0.25) is 0 Å². The highest BCUT2D eigenvalue weighted by molar-refractivity contribution is 9.10. The van der Waals surface area contributed by atoms with Gasteiger partial charge in [-0.1, -0.05) is 41.6 Å². The molecule has 3 nitrogen and oxygen atoms in total. The van der Waals surface area contributed by atoms with E-state index in [2.05, 4.69) is 15.9 Å². The summed E-state index contributed by atoms with van der Waals surface area (Å²) in [6.45, 7) is 0. The monoisotopic (exact) mass is 325 g/mol. The molecule has 1 fully saturated rings. The normalized spacial score (nSPS) is 17.5. The average Bonchev–Trinajstić information content (AvgIpc) is 2.86. The minimum absolute atomic E-state index is 0.488. The van der Waals surface area contributed by atoms with Gasteiger partial charge in [0.05, 0.1) is 5.92 Å². The molecular weight excluding hydrogens is 306 g/mol. The van der Waals surface area contributed by atoms with Gasteiger partial charge >= 0.3 is 5.97 Å². The zero-order valence-electron chi connectivity index (χ0n) is 10.9. The number of halogens is 1. The molecule has 1 aliphatic carbocycles. The van der Waals surface area contributed by atoms with E-state index in [-0.39, 0.29) is 0 Å². The Hall–Kier alpha value is -1.03. The number of rotatable bonds is 5. The van der Waals surface area contributed by atoms with Gasteiger partial charge in [-0.25, -0.2) is 0 Å². The lowest BCUT2D eigenvalue weighted by Gasteiger charge is -2.17. The third-order valence-electron chi connectivity index (χ3n) is 4.06. The minimum atomic E-state index is -0.775. The van der Waals surface area contributed by atoms with Gasteiger partial charge in [-0.05, 0) is 42.5 Å². The van der Waals surface area contributed by atoms with Gasteiger partial charge < -0.3 is 10.8 Å². The molecule has 0 spiro atoms. The molecule has 0 heterocycles. The molecule has 0 amide bonds. The molecule has 1 aromatic carbocycles. The SMILES string of the molecule is Nc1ccc(Br)cc1C(CCC1CCCC1)C(=O)O. The van der Waals surface area contributed by atoms with Crippen LogP contribution < -0.4 is 5.73 Å². The van der Waals surface area contributed by atoms with Gasteiger partial charge in [0.25, 0.3) is 0 Å². The molecule has 0 aromatic heterocycles. The molecule has 1 aromatic rings. The molecule has 4 heteroatoms. The number of carboxylic acid groups (broad SMARTS) is 1. The zero-order chi connectivity index (χ0) is 13.8. The molecule has 1 saturated carbocycles. The van der Waals surface area contributed by atoms with Crippen LogP contribution in [0, 0.1) is 5.92 Å². The third kappa shape index (κ3) is 3.72. The van der Waals surface area contributed by atoms with E-state index in [1.165, 1.54) is 25.7 Å². The smallest absolute Gasteiger partial charge is 0.311 e. The van der Waals surface area contributed by atoms with Crippen LogP contribution in [-0.2, 0) is 4.79 Å². The average molecular weight is 326 g/mol. The van der Waals surface area contributed by atoms with Crippen molar-refractivity contribution in [2.24, 2.45) is 5.92 Å². The molecule has 0 bridgehead atoms. The van der Waals surface area contributed by atoms with Crippen LogP contribution in [-0.4, -0.2) is 11.1 Å². The number of benzene rings is 1. The number of anilines is 1.